The molecule has 0 saturated heterocycles. The van der Waals surface area contributed by atoms with Gasteiger partial charge in [-0.3, -0.25) is 9.20 Å². The highest BCUT2D eigenvalue weighted by molar-refractivity contribution is 7.15. The lowest BCUT2D eigenvalue weighted by molar-refractivity contribution is 0.0948. The molecule has 0 aliphatic heterocycles. The van der Waals surface area contributed by atoms with Crippen LogP contribution in [0.5, 0.6) is 5.75 Å². The number of ether oxygens (including phenoxy) is 1. The summed E-state index contributed by atoms with van der Waals surface area (Å²) in [5, 5.41) is 4.84. The number of nitrogens with one attached hydrogen (secondary N) is 1. The average molecular weight is 377 g/mol. The highest BCUT2D eigenvalue weighted by atomic mass is 32.1. The summed E-state index contributed by atoms with van der Waals surface area (Å²) in [5.74, 6) is 0.717. The molecule has 0 saturated carbocycles. The summed E-state index contributed by atoms with van der Waals surface area (Å²) in [5.41, 5.74) is 3.64. The lowest BCUT2D eigenvalue weighted by Crippen LogP contribution is -2.26. The fourth-order valence-electron chi connectivity index (χ4n) is 2.90. The quantitative estimate of drug-likeness (QED) is 0.552. The predicted octanol–water partition coefficient (Wildman–Crippen LogP) is 4.04. The van der Waals surface area contributed by atoms with E-state index in [0.29, 0.717) is 12.2 Å². The number of aromatic nitrogens is 2. The van der Waals surface area contributed by atoms with Crippen LogP contribution in [0.1, 0.15) is 16.1 Å². The van der Waals surface area contributed by atoms with E-state index < -0.39 is 0 Å². The van der Waals surface area contributed by atoms with E-state index in [9.17, 15) is 4.79 Å². The van der Waals surface area contributed by atoms with Crippen molar-refractivity contribution in [3.05, 3.63) is 77.4 Å². The van der Waals surface area contributed by atoms with Gasteiger partial charge in [0.05, 0.1) is 12.8 Å². The number of hydrogen-bond acceptors (Lipinski definition) is 4. The van der Waals surface area contributed by atoms with E-state index in [4.69, 9.17) is 4.74 Å². The van der Waals surface area contributed by atoms with Gasteiger partial charge in [0.25, 0.3) is 5.91 Å². The average Bonchev–Trinajstić information content (AvgIpc) is 3.29. The molecule has 0 unspecified atom stereocenters. The molecule has 1 N–H and O–H groups in total. The first-order valence-corrected chi connectivity index (χ1v) is 9.56. The lowest BCUT2D eigenvalue weighted by Gasteiger charge is -2.04. The summed E-state index contributed by atoms with van der Waals surface area (Å²) in [6.45, 7) is 0.597. The number of thiazole rings is 1. The SMILES string of the molecule is COc1ccc(-c2cn3c(C(=O)NCCc4ccccc4)csc3n2)cc1. The van der Waals surface area contributed by atoms with Crippen LogP contribution in [-0.2, 0) is 6.42 Å². The molecule has 2 heterocycles. The molecule has 0 aliphatic rings. The molecule has 5 nitrogen and oxygen atoms in total. The molecule has 27 heavy (non-hydrogen) atoms. The first-order valence-electron chi connectivity index (χ1n) is 8.68. The van der Waals surface area contributed by atoms with Crippen molar-refractivity contribution < 1.29 is 9.53 Å². The van der Waals surface area contributed by atoms with Crippen molar-refractivity contribution in [3.8, 4) is 17.0 Å². The Morgan fingerprint density at radius 3 is 2.67 bits per heavy atom. The molecular formula is C21H19N3O2S. The lowest BCUT2D eigenvalue weighted by atomic mass is 10.1. The van der Waals surface area contributed by atoms with Gasteiger partial charge in [0.1, 0.15) is 11.4 Å². The molecule has 0 bridgehead atoms. The second kappa shape index (κ2) is 7.63. The second-order valence-electron chi connectivity index (χ2n) is 6.12. The second-order valence-corrected chi connectivity index (χ2v) is 6.96. The number of carbonyl (C=O) groups excluding carboxylic acids is 1. The zero-order valence-electron chi connectivity index (χ0n) is 14.9. The molecule has 0 radical (unpaired) electrons. The molecule has 4 rings (SSSR count). The number of carbonyl (C=O) groups is 1. The number of imidazole rings is 1. The first-order chi connectivity index (χ1) is 13.2. The van der Waals surface area contributed by atoms with Crippen molar-refractivity contribution in [2.24, 2.45) is 0 Å². The summed E-state index contributed by atoms with van der Waals surface area (Å²) in [4.78, 5) is 18.0. The topological polar surface area (TPSA) is 55.6 Å². The van der Waals surface area contributed by atoms with E-state index in [1.165, 1.54) is 16.9 Å². The zero-order chi connectivity index (χ0) is 18.6. The van der Waals surface area contributed by atoms with Gasteiger partial charge in [0, 0.05) is 23.7 Å². The van der Waals surface area contributed by atoms with Gasteiger partial charge >= 0.3 is 0 Å². The van der Waals surface area contributed by atoms with Crippen LogP contribution in [0.25, 0.3) is 16.2 Å². The Hall–Kier alpha value is -3.12. The van der Waals surface area contributed by atoms with Crippen molar-refractivity contribution >= 4 is 22.2 Å². The minimum Gasteiger partial charge on any atom is -0.497 e. The van der Waals surface area contributed by atoms with Crippen molar-refractivity contribution in [3.63, 3.8) is 0 Å². The van der Waals surface area contributed by atoms with Crippen molar-refractivity contribution in [1.29, 1.82) is 0 Å². The molecule has 1 amide bonds. The Bertz CT molecular complexity index is 1050. The van der Waals surface area contributed by atoms with Gasteiger partial charge in [-0.25, -0.2) is 4.98 Å². The van der Waals surface area contributed by atoms with Crippen LogP contribution in [0.3, 0.4) is 0 Å². The van der Waals surface area contributed by atoms with Crippen LogP contribution < -0.4 is 10.1 Å². The van der Waals surface area contributed by atoms with Gasteiger partial charge in [0.2, 0.25) is 0 Å². The Morgan fingerprint density at radius 2 is 1.93 bits per heavy atom. The van der Waals surface area contributed by atoms with Gasteiger partial charge in [-0.15, -0.1) is 11.3 Å². The van der Waals surface area contributed by atoms with Crippen LogP contribution in [0.2, 0.25) is 0 Å². The molecule has 0 atom stereocenters. The van der Waals surface area contributed by atoms with Crippen LogP contribution in [0, 0.1) is 0 Å². The molecule has 2 aromatic heterocycles. The van der Waals surface area contributed by atoms with E-state index in [1.54, 1.807) is 7.11 Å². The fourth-order valence-corrected chi connectivity index (χ4v) is 3.76. The standard InChI is InChI=1S/C21H19N3O2S/c1-26-17-9-7-16(8-10-17)18-13-24-19(14-27-21(24)23-18)20(25)22-12-11-15-5-3-2-4-6-15/h2-10,13-14H,11-12H2,1H3,(H,22,25). The largest absolute Gasteiger partial charge is 0.497 e. The number of amides is 1. The summed E-state index contributed by atoms with van der Waals surface area (Å²) in [6.07, 6.45) is 2.71. The summed E-state index contributed by atoms with van der Waals surface area (Å²) < 4.78 is 7.04. The molecular weight excluding hydrogens is 358 g/mol. The predicted molar refractivity (Wildman–Crippen MR) is 108 cm³/mol. The number of benzene rings is 2. The van der Waals surface area contributed by atoms with Gasteiger partial charge in [0.15, 0.2) is 4.96 Å². The highest BCUT2D eigenvalue weighted by Gasteiger charge is 2.15. The van der Waals surface area contributed by atoms with Gasteiger partial charge in [-0.05, 0) is 36.2 Å². The van der Waals surface area contributed by atoms with E-state index in [2.05, 4.69) is 22.4 Å². The van der Waals surface area contributed by atoms with Crippen molar-refractivity contribution in [2.75, 3.05) is 13.7 Å². The van der Waals surface area contributed by atoms with E-state index in [0.717, 1.165) is 28.4 Å². The summed E-state index contributed by atoms with van der Waals surface area (Å²) >= 11 is 1.46. The molecule has 4 aromatic rings. The number of methoxy groups -OCH3 is 1. The van der Waals surface area contributed by atoms with Crippen LogP contribution in [0.4, 0.5) is 0 Å². The monoisotopic (exact) mass is 377 g/mol. The Labute approximate surface area is 161 Å². The number of hydrogen-bond donors (Lipinski definition) is 1. The molecule has 6 heteroatoms. The van der Waals surface area contributed by atoms with E-state index in [-0.39, 0.29) is 5.91 Å². The third-order valence-corrected chi connectivity index (χ3v) is 5.21. The minimum atomic E-state index is -0.0872. The van der Waals surface area contributed by atoms with Crippen LogP contribution in [0.15, 0.2) is 66.2 Å². The fraction of sp³-hybridized carbons (Fsp3) is 0.143. The highest BCUT2D eigenvalue weighted by Crippen LogP contribution is 2.25. The zero-order valence-corrected chi connectivity index (χ0v) is 15.7. The number of nitrogens with zero attached hydrogens (tertiary/aromatic N) is 2. The van der Waals surface area contributed by atoms with Crippen LogP contribution in [-0.4, -0.2) is 28.9 Å². The van der Waals surface area contributed by atoms with Gasteiger partial charge in [-0.1, -0.05) is 30.3 Å². The third-order valence-electron chi connectivity index (χ3n) is 4.37. The normalized spacial score (nSPS) is 10.9. The van der Waals surface area contributed by atoms with Crippen molar-refractivity contribution in [2.45, 2.75) is 6.42 Å². The minimum absolute atomic E-state index is 0.0872. The number of fused-ring (bicyclic) bond motifs is 1. The van der Waals surface area contributed by atoms with Gasteiger partial charge in [-0.2, -0.15) is 0 Å². The maximum atomic E-state index is 12.6. The maximum absolute atomic E-state index is 12.6. The molecule has 2 aromatic carbocycles. The number of rotatable bonds is 6. The Balaban J connectivity index is 1.48. The molecule has 0 fully saturated rings. The van der Waals surface area contributed by atoms with Crippen molar-refractivity contribution in [1.82, 2.24) is 14.7 Å². The molecule has 136 valence electrons. The third kappa shape index (κ3) is 3.71. The van der Waals surface area contributed by atoms with E-state index >= 15 is 0 Å². The summed E-state index contributed by atoms with van der Waals surface area (Å²) in [6, 6.07) is 17.9. The van der Waals surface area contributed by atoms with Crippen LogP contribution >= 0.6 is 11.3 Å². The molecule has 0 spiro atoms. The Morgan fingerprint density at radius 1 is 1.15 bits per heavy atom. The maximum Gasteiger partial charge on any atom is 0.269 e. The molecule has 0 aliphatic carbocycles. The van der Waals surface area contributed by atoms with Gasteiger partial charge < -0.3 is 10.1 Å². The summed E-state index contributed by atoms with van der Waals surface area (Å²) in [7, 11) is 1.64. The smallest absolute Gasteiger partial charge is 0.269 e. The first kappa shape index (κ1) is 17.3. The van der Waals surface area contributed by atoms with E-state index in [1.807, 2.05) is 58.4 Å². The Kier molecular flexibility index (Phi) is 4.89.